The summed E-state index contributed by atoms with van der Waals surface area (Å²) in [5.41, 5.74) is 3.78. The number of halogens is 1. The molecule has 0 bridgehead atoms. The lowest BCUT2D eigenvalue weighted by atomic mass is 10.0. The minimum atomic E-state index is -0.733. The van der Waals surface area contributed by atoms with E-state index in [1.807, 2.05) is 66.1 Å². The number of anilines is 1. The van der Waals surface area contributed by atoms with Gasteiger partial charge in [-0.1, -0.05) is 42.5 Å². The minimum Gasteiger partial charge on any atom is -0.327 e. The lowest BCUT2D eigenvalue weighted by Gasteiger charge is -2.38. The van der Waals surface area contributed by atoms with Gasteiger partial charge >= 0.3 is 0 Å². The normalized spacial score (nSPS) is 17.6. The van der Waals surface area contributed by atoms with Crippen LogP contribution in [0.25, 0.3) is 11.0 Å². The van der Waals surface area contributed by atoms with Crippen LogP contribution in [-0.4, -0.2) is 26.3 Å². The molecule has 0 radical (unpaired) electrons. The number of carbonyl (C=O) groups is 2. The van der Waals surface area contributed by atoms with Gasteiger partial charge in [-0.2, -0.15) is 0 Å². The molecule has 0 saturated heterocycles. The molecular weight excluding hydrogens is 431 g/mol. The molecule has 7 heteroatoms. The Bertz CT molecular complexity index is 1380. The zero-order chi connectivity index (χ0) is 23.8. The first-order chi connectivity index (χ1) is 16.4. The van der Waals surface area contributed by atoms with Crippen LogP contribution in [0.4, 0.5) is 10.1 Å². The van der Waals surface area contributed by atoms with Crippen LogP contribution in [0.5, 0.6) is 0 Å². The molecule has 1 N–H and O–H groups in total. The van der Waals surface area contributed by atoms with Gasteiger partial charge in [0.05, 0.1) is 23.5 Å². The number of hydrogen-bond donors (Lipinski definition) is 1. The van der Waals surface area contributed by atoms with E-state index in [1.54, 1.807) is 11.8 Å². The molecule has 2 amide bonds. The summed E-state index contributed by atoms with van der Waals surface area (Å²) >= 11 is 0. The van der Waals surface area contributed by atoms with Gasteiger partial charge in [0.1, 0.15) is 17.7 Å². The summed E-state index contributed by atoms with van der Waals surface area (Å²) in [5, 5.41) is 2.84. The van der Waals surface area contributed by atoms with Crippen molar-refractivity contribution in [2.75, 3.05) is 5.32 Å². The average Bonchev–Trinajstić information content (AvgIpc) is 3.22. The van der Waals surface area contributed by atoms with Crippen molar-refractivity contribution >= 4 is 28.5 Å². The Balaban J connectivity index is 1.51. The lowest BCUT2D eigenvalue weighted by Crippen LogP contribution is -2.45. The van der Waals surface area contributed by atoms with Crippen molar-refractivity contribution in [2.24, 2.45) is 0 Å². The molecule has 2 atom stereocenters. The van der Waals surface area contributed by atoms with E-state index in [0.717, 1.165) is 22.4 Å². The second-order valence-corrected chi connectivity index (χ2v) is 8.68. The van der Waals surface area contributed by atoms with E-state index in [2.05, 4.69) is 5.32 Å². The lowest BCUT2D eigenvalue weighted by molar-refractivity contribution is -0.142. The largest absolute Gasteiger partial charge is 0.327 e. The van der Waals surface area contributed by atoms with Crippen LogP contribution in [0.15, 0.2) is 72.8 Å². The Kier molecular flexibility index (Phi) is 5.61. The van der Waals surface area contributed by atoms with Gasteiger partial charge in [0.25, 0.3) is 0 Å². The first kappa shape index (κ1) is 21.8. The molecule has 2 heterocycles. The van der Waals surface area contributed by atoms with E-state index in [4.69, 9.17) is 4.98 Å². The molecule has 5 rings (SSSR count). The van der Waals surface area contributed by atoms with Gasteiger partial charge < -0.3 is 14.8 Å². The molecule has 172 valence electrons. The quantitative estimate of drug-likeness (QED) is 0.451. The Morgan fingerprint density at radius 3 is 2.56 bits per heavy atom. The highest BCUT2D eigenvalue weighted by Crippen LogP contribution is 2.37. The summed E-state index contributed by atoms with van der Waals surface area (Å²) in [7, 11) is 0. The third-order valence-electron chi connectivity index (χ3n) is 6.38. The summed E-state index contributed by atoms with van der Waals surface area (Å²) in [4.78, 5) is 33.5. The number of fused-ring (bicyclic) bond motifs is 3. The predicted molar refractivity (Wildman–Crippen MR) is 129 cm³/mol. The maximum atomic E-state index is 13.8. The Labute approximate surface area is 197 Å². The molecular formula is C27H25FN4O2. The third kappa shape index (κ3) is 3.94. The molecule has 1 aliphatic rings. The summed E-state index contributed by atoms with van der Waals surface area (Å²) in [6, 6.07) is 20.7. The number of benzene rings is 3. The van der Waals surface area contributed by atoms with Gasteiger partial charge in [-0.15, -0.1) is 0 Å². The number of imidazole rings is 1. The standard InChI is InChI=1S/C27H25FN4O2/c1-17-14-20(28)12-13-21(17)29-25(33)15-24-27(34)31(16-19-8-4-3-5-9-19)18(2)26-30-22-10-6-7-11-23(22)32(24)26/h3-14,18,24H,15-16H2,1-2H3,(H,29,33). The first-order valence-corrected chi connectivity index (χ1v) is 11.3. The Hall–Kier alpha value is -4.00. The van der Waals surface area contributed by atoms with E-state index >= 15 is 0 Å². The Morgan fingerprint density at radius 1 is 1.06 bits per heavy atom. The van der Waals surface area contributed by atoms with Crippen molar-refractivity contribution in [2.45, 2.75) is 38.9 Å². The van der Waals surface area contributed by atoms with E-state index < -0.39 is 6.04 Å². The molecule has 34 heavy (non-hydrogen) atoms. The van der Waals surface area contributed by atoms with Gasteiger partial charge in [0.15, 0.2) is 0 Å². The Morgan fingerprint density at radius 2 is 1.79 bits per heavy atom. The fraction of sp³-hybridized carbons (Fsp3) is 0.222. The predicted octanol–water partition coefficient (Wildman–Crippen LogP) is 5.16. The minimum absolute atomic E-state index is 0.0545. The van der Waals surface area contributed by atoms with Crippen molar-refractivity contribution < 1.29 is 14.0 Å². The molecule has 2 unspecified atom stereocenters. The number of aromatic nitrogens is 2. The van der Waals surface area contributed by atoms with Crippen LogP contribution in [0, 0.1) is 12.7 Å². The highest BCUT2D eigenvalue weighted by molar-refractivity contribution is 5.96. The topological polar surface area (TPSA) is 67.2 Å². The molecule has 1 aromatic heterocycles. The maximum absolute atomic E-state index is 13.8. The summed E-state index contributed by atoms with van der Waals surface area (Å²) in [6.07, 6.45) is -0.0545. The second-order valence-electron chi connectivity index (χ2n) is 8.68. The number of para-hydroxylation sites is 2. The van der Waals surface area contributed by atoms with Crippen molar-refractivity contribution in [3.63, 3.8) is 0 Å². The van der Waals surface area contributed by atoms with Crippen LogP contribution in [0.1, 0.15) is 42.4 Å². The van der Waals surface area contributed by atoms with E-state index in [1.165, 1.54) is 18.2 Å². The summed E-state index contributed by atoms with van der Waals surface area (Å²) in [5.74, 6) is -0.0468. The van der Waals surface area contributed by atoms with E-state index in [9.17, 15) is 14.0 Å². The molecule has 1 aliphatic heterocycles. The SMILES string of the molecule is Cc1cc(F)ccc1NC(=O)CC1C(=O)N(Cc2ccccc2)C(C)c2nc3ccccc3n21. The average molecular weight is 457 g/mol. The van der Waals surface area contributed by atoms with Crippen molar-refractivity contribution in [3.8, 4) is 0 Å². The number of nitrogens with zero attached hydrogens (tertiary/aromatic N) is 3. The van der Waals surface area contributed by atoms with Gasteiger partial charge in [0, 0.05) is 12.2 Å². The fourth-order valence-electron chi connectivity index (χ4n) is 4.64. The van der Waals surface area contributed by atoms with E-state index in [0.29, 0.717) is 17.8 Å². The van der Waals surface area contributed by atoms with Crippen molar-refractivity contribution in [3.05, 3.63) is 95.6 Å². The van der Waals surface area contributed by atoms with Crippen molar-refractivity contribution in [1.29, 1.82) is 0 Å². The van der Waals surface area contributed by atoms with Crippen LogP contribution >= 0.6 is 0 Å². The third-order valence-corrected chi connectivity index (χ3v) is 6.38. The summed E-state index contributed by atoms with van der Waals surface area (Å²) in [6.45, 7) is 4.13. The molecule has 6 nitrogen and oxygen atoms in total. The smallest absolute Gasteiger partial charge is 0.247 e. The molecule has 3 aromatic carbocycles. The second kappa shape index (κ2) is 8.74. The molecule has 0 fully saturated rings. The molecule has 0 spiro atoms. The van der Waals surface area contributed by atoms with Gasteiger partial charge in [0.2, 0.25) is 11.8 Å². The maximum Gasteiger partial charge on any atom is 0.247 e. The van der Waals surface area contributed by atoms with Gasteiger partial charge in [-0.25, -0.2) is 9.37 Å². The summed E-state index contributed by atoms with van der Waals surface area (Å²) < 4.78 is 15.4. The molecule has 4 aromatic rings. The van der Waals surface area contributed by atoms with Gasteiger partial charge in [-0.05, 0) is 55.3 Å². The highest BCUT2D eigenvalue weighted by Gasteiger charge is 2.40. The number of amides is 2. The van der Waals surface area contributed by atoms with Crippen molar-refractivity contribution in [1.82, 2.24) is 14.5 Å². The van der Waals surface area contributed by atoms with Crippen LogP contribution < -0.4 is 5.32 Å². The zero-order valence-electron chi connectivity index (χ0n) is 19.0. The van der Waals surface area contributed by atoms with E-state index in [-0.39, 0.29) is 30.1 Å². The number of rotatable bonds is 5. The van der Waals surface area contributed by atoms with Crippen LogP contribution in [-0.2, 0) is 16.1 Å². The zero-order valence-corrected chi connectivity index (χ0v) is 19.0. The van der Waals surface area contributed by atoms with Crippen LogP contribution in [0.2, 0.25) is 0 Å². The highest BCUT2D eigenvalue weighted by atomic mass is 19.1. The number of hydrogen-bond acceptors (Lipinski definition) is 3. The molecule has 0 saturated carbocycles. The molecule has 0 aliphatic carbocycles. The van der Waals surface area contributed by atoms with Gasteiger partial charge in [-0.3, -0.25) is 9.59 Å². The monoisotopic (exact) mass is 456 g/mol. The number of aryl methyl sites for hydroxylation is 1. The number of carbonyl (C=O) groups excluding carboxylic acids is 2. The fourth-order valence-corrected chi connectivity index (χ4v) is 4.64. The van der Waals surface area contributed by atoms with Crippen LogP contribution in [0.3, 0.4) is 0 Å². The first-order valence-electron chi connectivity index (χ1n) is 11.3. The number of nitrogens with one attached hydrogen (secondary N) is 1.